The lowest BCUT2D eigenvalue weighted by molar-refractivity contribution is 0.505. The summed E-state index contributed by atoms with van der Waals surface area (Å²) >= 11 is 17.8. The van der Waals surface area contributed by atoms with Gasteiger partial charge in [-0.3, -0.25) is 0 Å². The van der Waals surface area contributed by atoms with Gasteiger partial charge >= 0.3 is 0 Å². The average molecular weight is 279 g/mol. The second kappa shape index (κ2) is 5.14. The molecule has 4 heteroatoms. The minimum Gasteiger partial charge on any atom is -0.312 e. The van der Waals surface area contributed by atoms with E-state index in [0.29, 0.717) is 10.4 Å². The Morgan fingerprint density at radius 2 is 2.00 bits per heavy atom. The molecule has 1 aromatic carbocycles. The summed E-state index contributed by atoms with van der Waals surface area (Å²) in [6.07, 6.45) is 2.47. The smallest absolute Gasteiger partial charge is 0.0465 e. The van der Waals surface area contributed by atoms with Crippen LogP contribution in [0.4, 0.5) is 0 Å². The molecule has 1 aliphatic carbocycles. The lowest BCUT2D eigenvalue weighted by Crippen LogP contribution is -2.24. The molecular formula is C12H14Cl3N. The van der Waals surface area contributed by atoms with Gasteiger partial charge < -0.3 is 5.32 Å². The standard InChI is InChI=1S/C12H14Cl3N/c13-7-12(3-4-12)8-16-6-9-1-2-10(14)5-11(9)15/h1-2,5,16H,3-4,6-8H2. The van der Waals surface area contributed by atoms with E-state index in [1.54, 1.807) is 6.07 Å². The first kappa shape index (κ1) is 12.5. The first-order chi connectivity index (χ1) is 7.65. The predicted molar refractivity (Wildman–Crippen MR) is 70.6 cm³/mol. The number of rotatable bonds is 5. The molecule has 0 aliphatic heterocycles. The third-order valence-electron chi connectivity index (χ3n) is 3.07. The van der Waals surface area contributed by atoms with E-state index in [1.807, 2.05) is 12.1 Å². The normalized spacial score (nSPS) is 17.4. The van der Waals surface area contributed by atoms with Crippen molar-refractivity contribution in [2.24, 2.45) is 5.41 Å². The van der Waals surface area contributed by atoms with Crippen LogP contribution in [-0.4, -0.2) is 12.4 Å². The zero-order valence-corrected chi connectivity index (χ0v) is 11.2. The molecule has 1 fully saturated rings. The summed E-state index contributed by atoms with van der Waals surface area (Å²) in [6, 6.07) is 5.59. The van der Waals surface area contributed by atoms with Crippen molar-refractivity contribution < 1.29 is 0 Å². The van der Waals surface area contributed by atoms with Crippen molar-refractivity contribution in [2.45, 2.75) is 19.4 Å². The summed E-state index contributed by atoms with van der Waals surface area (Å²) in [7, 11) is 0. The van der Waals surface area contributed by atoms with Crippen molar-refractivity contribution in [3.63, 3.8) is 0 Å². The first-order valence-electron chi connectivity index (χ1n) is 5.36. The Morgan fingerprint density at radius 3 is 2.56 bits per heavy atom. The van der Waals surface area contributed by atoms with Gasteiger partial charge in [0, 0.05) is 29.0 Å². The fourth-order valence-corrected chi connectivity index (χ4v) is 2.50. The van der Waals surface area contributed by atoms with Gasteiger partial charge in [-0.1, -0.05) is 29.3 Å². The van der Waals surface area contributed by atoms with Crippen LogP contribution in [0, 0.1) is 5.41 Å². The first-order valence-corrected chi connectivity index (χ1v) is 6.65. The van der Waals surface area contributed by atoms with Crippen LogP contribution in [-0.2, 0) is 6.54 Å². The maximum atomic E-state index is 6.08. The van der Waals surface area contributed by atoms with Crippen molar-refractivity contribution in [1.29, 1.82) is 0 Å². The number of hydrogen-bond donors (Lipinski definition) is 1. The van der Waals surface area contributed by atoms with Crippen molar-refractivity contribution in [3.05, 3.63) is 33.8 Å². The quantitative estimate of drug-likeness (QED) is 0.800. The summed E-state index contributed by atoms with van der Waals surface area (Å²) in [5.74, 6) is 0.744. The van der Waals surface area contributed by atoms with E-state index in [0.717, 1.165) is 29.6 Å². The van der Waals surface area contributed by atoms with Gasteiger partial charge in [-0.15, -0.1) is 11.6 Å². The number of hydrogen-bond acceptors (Lipinski definition) is 1. The molecule has 2 rings (SSSR count). The molecule has 0 heterocycles. The van der Waals surface area contributed by atoms with E-state index < -0.39 is 0 Å². The topological polar surface area (TPSA) is 12.0 Å². The van der Waals surface area contributed by atoms with Crippen LogP contribution in [0.25, 0.3) is 0 Å². The van der Waals surface area contributed by atoms with Crippen LogP contribution in [0.5, 0.6) is 0 Å². The molecule has 1 aliphatic rings. The summed E-state index contributed by atoms with van der Waals surface area (Å²) in [5.41, 5.74) is 1.43. The minimum absolute atomic E-state index is 0.348. The largest absolute Gasteiger partial charge is 0.312 e. The molecule has 16 heavy (non-hydrogen) atoms. The summed E-state index contributed by atoms with van der Waals surface area (Å²) < 4.78 is 0. The van der Waals surface area contributed by atoms with Gasteiger partial charge in [0.15, 0.2) is 0 Å². The van der Waals surface area contributed by atoms with Crippen LogP contribution in [0.1, 0.15) is 18.4 Å². The summed E-state index contributed by atoms with van der Waals surface area (Å²) in [4.78, 5) is 0. The highest BCUT2D eigenvalue weighted by molar-refractivity contribution is 6.35. The highest BCUT2D eigenvalue weighted by Gasteiger charge is 2.41. The van der Waals surface area contributed by atoms with Gasteiger partial charge in [-0.2, -0.15) is 0 Å². The fraction of sp³-hybridized carbons (Fsp3) is 0.500. The second-order valence-electron chi connectivity index (χ2n) is 4.47. The molecule has 1 aromatic rings. The zero-order valence-electron chi connectivity index (χ0n) is 8.90. The van der Waals surface area contributed by atoms with Gasteiger partial charge in [0.05, 0.1) is 0 Å². The number of alkyl halides is 1. The SMILES string of the molecule is ClCC1(CNCc2ccc(Cl)cc2Cl)CC1. The molecule has 0 amide bonds. The van der Waals surface area contributed by atoms with Crippen LogP contribution in [0.3, 0.4) is 0 Å². The highest BCUT2D eigenvalue weighted by Crippen LogP contribution is 2.45. The summed E-state index contributed by atoms with van der Waals surface area (Å²) in [5, 5.41) is 4.80. The molecule has 1 saturated carbocycles. The molecule has 0 radical (unpaired) electrons. The highest BCUT2D eigenvalue weighted by atomic mass is 35.5. The predicted octanol–water partition coefficient (Wildman–Crippen LogP) is 4.10. The number of nitrogens with one attached hydrogen (secondary N) is 1. The molecule has 0 unspecified atom stereocenters. The second-order valence-corrected chi connectivity index (χ2v) is 5.58. The molecule has 0 bridgehead atoms. The zero-order chi connectivity index (χ0) is 11.6. The molecule has 88 valence electrons. The van der Waals surface area contributed by atoms with E-state index in [2.05, 4.69) is 5.32 Å². The maximum Gasteiger partial charge on any atom is 0.0465 e. The molecule has 0 spiro atoms. The number of benzene rings is 1. The lowest BCUT2D eigenvalue weighted by atomic mass is 10.1. The van der Waals surface area contributed by atoms with Crippen molar-refractivity contribution in [1.82, 2.24) is 5.32 Å². The van der Waals surface area contributed by atoms with Crippen LogP contribution in [0.2, 0.25) is 10.0 Å². The minimum atomic E-state index is 0.348. The Hall–Kier alpha value is 0.0500. The fourth-order valence-electron chi connectivity index (χ4n) is 1.66. The molecule has 0 saturated heterocycles. The van der Waals surface area contributed by atoms with Gasteiger partial charge in [0.1, 0.15) is 0 Å². The van der Waals surface area contributed by atoms with Crippen LogP contribution < -0.4 is 5.32 Å². The monoisotopic (exact) mass is 277 g/mol. The maximum absolute atomic E-state index is 6.08. The summed E-state index contributed by atoms with van der Waals surface area (Å²) in [6.45, 7) is 1.74. The van der Waals surface area contributed by atoms with Crippen molar-refractivity contribution in [3.8, 4) is 0 Å². The van der Waals surface area contributed by atoms with E-state index in [4.69, 9.17) is 34.8 Å². The Kier molecular flexibility index (Phi) is 4.01. The third-order valence-corrected chi connectivity index (χ3v) is 4.23. The Labute approximate surface area is 111 Å². The molecule has 0 atom stereocenters. The van der Waals surface area contributed by atoms with E-state index in [1.165, 1.54) is 12.8 Å². The van der Waals surface area contributed by atoms with E-state index >= 15 is 0 Å². The van der Waals surface area contributed by atoms with Gasteiger partial charge in [0.2, 0.25) is 0 Å². The van der Waals surface area contributed by atoms with Crippen LogP contribution >= 0.6 is 34.8 Å². The Bertz CT molecular complexity index is 375. The average Bonchev–Trinajstić information content (AvgIpc) is 3.02. The van der Waals surface area contributed by atoms with E-state index in [-0.39, 0.29) is 0 Å². The van der Waals surface area contributed by atoms with E-state index in [9.17, 15) is 0 Å². The van der Waals surface area contributed by atoms with Crippen molar-refractivity contribution in [2.75, 3.05) is 12.4 Å². The van der Waals surface area contributed by atoms with Gasteiger partial charge in [-0.25, -0.2) is 0 Å². The molecule has 1 nitrogen and oxygen atoms in total. The van der Waals surface area contributed by atoms with Crippen molar-refractivity contribution >= 4 is 34.8 Å². The molecule has 0 aromatic heterocycles. The molecular weight excluding hydrogens is 264 g/mol. The number of halogens is 3. The Balaban J connectivity index is 1.85. The Morgan fingerprint density at radius 1 is 1.25 bits per heavy atom. The van der Waals surface area contributed by atoms with Gasteiger partial charge in [-0.05, 0) is 36.0 Å². The third kappa shape index (κ3) is 3.04. The van der Waals surface area contributed by atoms with Gasteiger partial charge in [0.25, 0.3) is 0 Å². The molecule has 1 N–H and O–H groups in total. The van der Waals surface area contributed by atoms with Crippen LogP contribution in [0.15, 0.2) is 18.2 Å². The lowest BCUT2D eigenvalue weighted by Gasteiger charge is -2.13.